The molecule has 1 heterocycles. The molecule has 14 heavy (non-hydrogen) atoms. The summed E-state index contributed by atoms with van der Waals surface area (Å²) in [6.07, 6.45) is 5.04. The van der Waals surface area contributed by atoms with Crippen LogP contribution in [0, 0.1) is 0 Å². The van der Waals surface area contributed by atoms with Gasteiger partial charge in [0.2, 0.25) is 11.8 Å². The lowest BCUT2D eigenvalue weighted by Gasteiger charge is -2.11. The minimum absolute atomic E-state index is 0.0240. The molecule has 0 unspecified atom stereocenters. The van der Waals surface area contributed by atoms with Crippen LogP contribution in [0.15, 0.2) is 4.42 Å². The number of hydrogen-bond acceptors (Lipinski definition) is 3. The summed E-state index contributed by atoms with van der Waals surface area (Å²) in [7, 11) is 0. The molecule has 1 aromatic rings. The Morgan fingerprint density at radius 2 is 1.79 bits per heavy atom. The molecule has 0 radical (unpaired) electrons. The molecule has 0 atom stereocenters. The lowest BCUT2D eigenvalue weighted by Crippen LogP contribution is -2.11. The Morgan fingerprint density at radius 3 is 2.29 bits per heavy atom. The van der Waals surface area contributed by atoms with E-state index in [1.807, 2.05) is 0 Å². The summed E-state index contributed by atoms with van der Waals surface area (Å²) in [5, 5.41) is 8.26. The van der Waals surface area contributed by atoms with Crippen LogP contribution >= 0.6 is 0 Å². The third-order valence-corrected chi connectivity index (χ3v) is 2.79. The fraction of sp³-hybridized carbons (Fsp3) is 0.818. The average molecular weight is 194 g/mol. The Labute approximate surface area is 84.9 Å². The van der Waals surface area contributed by atoms with Crippen LogP contribution in [0.4, 0.5) is 0 Å². The number of hydrogen-bond donors (Lipinski definition) is 0. The van der Waals surface area contributed by atoms with Crippen molar-refractivity contribution in [2.24, 2.45) is 0 Å². The molecule has 3 nitrogen and oxygen atoms in total. The predicted octanol–water partition coefficient (Wildman–Crippen LogP) is 3.02. The Hall–Kier alpha value is -0.860. The number of nitrogens with zero attached hydrogens (tertiary/aromatic N) is 2. The first-order chi connectivity index (χ1) is 6.57. The highest BCUT2D eigenvalue weighted by Gasteiger charge is 2.26. The van der Waals surface area contributed by atoms with E-state index < -0.39 is 0 Å². The van der Waals surface area contributed by atoms with Gasteiger partial charge in [-0.2, -0.15) is 0 Å². The van der Waals surface area contributed by atoms with Crippen LogP contribution in [0.3, 0.4) is 0 Å². The van der Waals surface area contributed by atoms with Gasteiger partial charge in [0, 0.05) is 11.3 Å². The zero-order chi connectivity index (χ0) is 10.2. The van der Waals surface area contributed by atoms with E-state index >= 15 is 0 Å². The van der Waals surface area contributed by atoms with E-state index in [0.29, 0.717) is 5.92 Å². The molecule has 1 aromatic heterocycles. The van der Waals surface area contributed by atoms with Crippen molar-refractivity contribution >= 4 is 0 Å². The lowest BCUT2D eigenvalue weighted by atomic mass is 9.97. The zero-order valence-electron chi connectivity index (χ0n) is 9.21. The molecule has 0 bridgehead atoms. The van der Waals surface area contributed by atoms with E-state index in [1.54, 1.807) is 0 Å². The maximum Gasteiger partial charge on any atom is 0.221 e. The highest BCUT2D eigenvalue weighted by molar-refractivity contribution is 5.00. The Kier molecular flexibility index (Phi) is 2.33. The summed E-state index contributed by atoms with van der Waals surface area (Å²) >= 11 is 0. The number of aromatic nitrogens is 2. The van der Waals surface area contributed by atoms with E-state index in [4.69, 9.17) is 4.42 Å². The van der Waals surface area contributed by atoms with Crippen molar-refractivity contribution in [3.05, 3.63) is 11.8 Å². The van der Waals surface area contributed by atoms with Crippen LogP contribution in [0.1, 0.15) is 64.2 Å². The van der Waals surface area contributed by atoms with Crippen molar-refractivity contribution < 1.29 is 4.42 Å². The zero-order valence-corrected chi connectivity index (χ0v) is 9.21. The van der Waals surface area contributed by atoms with Crippen LogP contribution in [0.2, 0.25) is 0 Å². The van der Waals surface area contributed by atoms with Crippen molar-refractivity contribution in [2.45, 2.75) is 57.8 Å². The smallest absolute Gasteiger partial charge is 0.221 e. The molecule has 0 aromatic carbocycles. The van der Waals surface area contributed by atoms with Crippen LogP contribution < -0.4 is 0 Å². The minimum atomic E-state index is -0.0240. The second-order valence-electron chi connectivity index (χ2n) is 5.18. The van der Waals surface area contributed by atoms with Gasteiger partial charge in [0.15, 0.2) is 0 Å². The maximum absolute atomic E-state index is 5.71. The minimum Gasteiger partial charge on any atom is -0.424 e. The first-order valence-corrected chi connectivity index (χ1v) is 5.41. The van der Waals surface area contributed by atoms with Crippen molar-refractivity contribution in [2.75, 3.05) is 0 Å². The van der Waals surface area contributed by atoms with Gasteiger partial charge in [-0.25, -0.2) is 0 Å². The summed E-state index contributed by atoms with van der Waals surface area (Å²) in [6.45, 7) is 6.29. The van der Waals surface area contributed by atoms with E-state index in [1.165, 1.54) is 25.7 Å². The van der Waals surface area contributed by atoms with Crippen LogP contribution in [-0.4, -0.2) is 10.2 Å². The molecule has 0 saturated heterocycles. The van der Waals surface area contributed by atoms with Crippen molar-refractivity contribution in [1.82, 2.24) is 10.2 Å². The molecule has 3 heteroatoms. The molecule has 1 saturated carbocycles. The molecule has 0 aliphatic heterocycles. The van der Waals surface area contributed by atoms with Gasteiger partial charge in [0.1, 0.15) is 0 Å². The Morgan fingerprint density at radius 1 is 1.14 bits per heavy atom. The molecule has 1 aliphatic carbocycles. The van der Waals surface area contributed by atoms with Gasteiger partial charge >= 0.3 is 0 Å². The van der Waals surface area contributed by atoms with Gasteiger partial charge in [0.25, 0.3) is 0 Å². The molecular formula is C11H18N2O. The first-order valence-electron chi connectivity index (χ1n) is 5.41. The van der Waals surface area contributed by atoms with Gasteiger partial charge in [-0.15, -0.1) is 10.2 Å². The molecule has 1 aliphatic rings. The second kappa shape index (κ2) is 3.37. The number of rotatable bonds is 1. The standard InChI is InChI=1S/C11H18N2O/c1-11(2,3)10-13-12-9(14-10)8-6-4-5-7-8/h8H,4-7H2,1-3H3. The summed E-state index contributed by atoms with van der Waals surface area (Å²) in [4.78, 5) is 0. The molecule has 78 valence electrons. The second-order valence-corrected chi connectivity index (χ2v) is 5.18. The van der Waals surface area contributed by atoms with Gasteiger partial charge in [-0.3, -0.25) is 0 Å². The van der Waals surface area contributed by atoms with E-state index in [9.17, 15) is 0 Å². The van der Waals surface area contributed by atoms with Gasteiger partial charge in [-0.05, 0) is 12.8 Å². The topological polar surface area (TPSA) is 38.9 Å². The van der Waals surface area contributed by atoms with Gasteiger partial charge < -0.3 is 4.42 Å². The van der Waals surface area contributed by atoms with Crippen molar-refractivity contribution in [3.8, 4) is 0 Å². The molecule has 0 N–H and O–H groups in total. The fourth-order valence-electron chi connectivity index (χ4n) is 1.88. The largest absolute Gasteiger partial charge is 0.424 e. The summed E-state index contributed by atoms with van der Waals surface area (Å²) in [5.74, 6) is 2.14. The van der Waals surface area contributed by atoms with Gasteiger partial charge in [0.05, 0.1) is 0 Å². The molecule has 0 spiro atoms. The normalized spacial score (nSPS) is 19.1. The summed E-state index contributed by atoms with van der Waals surface area (Å²) in [6, 6.07) is 0. The molecular weight excluding hydrogens is 176 g/mol. The maximum atomic E-state index is 5.71. The summed E-state index contributed by atoms with van der Waals surface area (Å²) in [5.41, 5.74) is -0.0240. The highest BCUT2D eigenvalue weighted by atomic mass is 16.4. The van der Waals surface area contributed by atoms with Crippen molar-refractivity contribution in [1.29, 1.82) is 0 Å². The predicted molar refractivity (Wildman–Crippen MR) is 54.2 cm³/mol. The van der Waals surface area contributed by atoms with Crippen LogP contribution in [0.25, 0.3) is 0 Å². The SMILES string of the molecule is CC(C)(C)c1nnc(C2CCCC2)o1. The molecule has 2 rings (SSSR count). The Bertz CT molecular complexity index is 305. The molecule has 1 fully saturated rings. The third kappa shape index (κ3) is 1.81. The first kappa shape index (κ1) is 9.69. The Balaban J connectivity index is 2.17. The fourth-order valence-corrected chi connectivity index (χ4v) is 1.88. The highest BCUT2D eigenvalue weighted by Crippen LogP contribution is 2.34. The monoisotopic (exact) mass is 194 g/mol. The third-order valence-electron chi connectivity index (χ3n) is 2.79. The van der Waals surface area contributed by atoms with E-state index in [0.717, 1.165) is 11.8 Å². The average Bonchev–Trinajstić information content (AvgIpc) is 2.73. The van der Waals surface area contributed by atoms with E-state index in [-0.39, 0.29) is 5.41 Å². The van der Waals surface area contributed by atoms with E-state index in [2.05, 4.69) is 31.0 Å². The molecule has 0 amide bonds. The van der Waals surface area contributed by atoms with Crippen molar-refractivity contribution in [3.63, 3.8) is 0 Å². The van der Waals surface area contributed by atoms with Crippen LogP contribution in [-0.2, 0) is 5.41 Å². The quantitative estimate of drug-likeness (QED) is 0.689. The van der Waals surface area contributed by atoms with Gasteiger partial charge in [-0.1, -0.05) is 33.6 Å². The van der Waals surface area contributed by atoms with Crippen LogP contribution in [0.5, 0.6) is 0 Å². The summed E-state index contributed by atoms with van der Waals surface area (Å²) < 4.78 is 5.71. The lowest BCUT2D eigenvalue weighted by molar-refractivity contribution is 0.356.